The van der Waals surface area contributed by atoms with Gasteiger partial charge in [0.1, 0.15) is 0 Å². The number of nitrogens with one attached hydrogen (secondary N) is 2. The second-order valence-corrected chi connectivity index (χ2v) is 3.42. The lowest BCUT2D eigenvalue weighted by atomic mass is 10.5. The average Bonchev–Trinajstić information content (AvgIpc) is 2.05. The van der Waals surface area contributed by atoms with Crippen molar-refractivity contribution in [3.63, 3.8) is 0 Å². The van der Waals surface area contributed by atoms with Crippen molar-refractivity contribution in [2.45, 2.75) is 0 Å². The van der Waals surface area contributed by atoms with Gasteiger partial charge in [0.2, 0.25) is 0 Å². The van der Waals surface area contributed by atoms with Crippen LogP contribution >= 0.6 is 11.8 Å². The molecule has 0 aliphatic carbocycles. The predicted octanol–water partition coefficient (Wildman–Crippen LogP) is 0.189. The van der Waals surface area contributed by atoms with E-state index in [1.165, 1.54) is 0 Å². The van der Waals surface area contributed by atoms with Crippen LogP contribution in [-0.2, 0) is 0 Å². The predicted molar refractivity (Wildman–Crippen MR) is 45.7 cm³/mol. The van der Waals surface area contributed by atoms with Crippen molar-refractivity contribution in [3.05, 3.63) is 0 Å². The minimum atomic E-state index is 0.556. The quantitative estimate of drug-likeness (QED) is 0.391. The van der Waals surface area contributed by atoms with E-state index in [9.17, 15) is 0 Å². The third kappa shape index (κ3) is 1.80. The fraction of sp³-hybridized carbons (Fsp3) is 0.833. The standard InChI is InChI=1S/C6H13N3S/c1-8-6(7)9-2-4-10-5-3-9/h2-5H2,1H3,(H2,7,8). The Labute approximate surface area is 65.7 Å². The van der Waals surface area contributed by atoms with Gasteiger partial charge in [-0.25, -0.2) is 0 Å². The molecule has 4 heteroatoms. The van der Waals surface area contributed by atoms with Crippen molar-refractivity contribution in [3.8, 4) is 0 Å². The molecule has 0 atom stereocenters. The van der Waals surface area contributed by atoms with Gasteiger partial charge in [0, 0.05) is 31.6 Å². The molecule has 0 aromatic heterocycles. The first-order valence-corrected chi connectivity index (χ1v) is 4.59. The first kappa shape index (κ1) is 7.72. The summed E-state index contributed by atoms with van der Waals surface area (Å²) in [7, 11) is 1.80. The van der Waals surface area contributed by atoms with Crippen LogP contribution in [0.2, 0.25) is 0 Å². The van der Waals surface area contributed by atoms with Crippen molar-refractivity contribution >= 4 is 17.7 Å². The maximum atomic E-state index is 7.44. The van der Waals surface area contributed by atoms with Gasteiger partial charge in [-0.2, -0.15) is 11.8 Å². The van der Waals surface area contributed by atoms with Crippen LogP contribution in [0.25, 0.3) is 0 Å². The normalized spacial score (nSPS) is 18.7. The Morgan fingerprint density at radius 1 is 1.50 bits per heavy atom. The summed E-state index contributed by atoms with van der Waals surface area (Å²) in [6.07, 6.45) is 0. The van der Waals surface area contributed by atoms with Gasteiger partial charge >= 0.3 is 0 Å². The van der Waals surface area contributed by atoms with Crippen LogP contribution in [-0.4, -0.2) is 42.5 Å². The summed E-state index contributed by atoms with van der Waals surface area (Å²) in [5.41, 5.74) is 0. The average molecular weight is 159 g/mol. The van der Waals surface area contributed by atoms with Gasteiger partial charge in [0.15, 0.2) is 5.96 Å². The van der Waals surface area contributed by atoms with E-state index in [0.717, 1.165) is 24.6 Å². The van der Waals surface area contributed by atoms with E-state index in [-0.39, 0.29) is 0 Å². The van der Waals surface area contributed by atoms with Crippen molar-refractivity contribution in [2.24, 2.45) is 0 Å². The van der Waals surface area contributed by atoms with E-state index in [1.54, 1.807) is 7.05 Å². The van der Waals surface area contributed by atoms with Crippen LogP contribution in [0.5, 0.6) is 0 Å². The molecule has 3 nitrogen and oxygen atoms in total. The van der Waals surface area contributed by atoms with Crippen molar-refractivity contribution in [2.75, 3.05) is 31.6 Å². The van der Waals surface area contributed by atoms with Gasteiger partial charge < -0.3 is 10.2 Å². The van der Waals surface area contributed by atoms with Gasteiger partial charge in [-0.1, -0.05) is 0 Å². The molecule has 0 aromatic rings. The molecular weight excluding hydrogens is 146 g/mol. The van der Waals surface area contributed by atoms with Gasteiger partial charge in [0.25, 0.3) is 0 Å². The zero-order valence-corrected chi connectivity index (χ0v) is 7.00. The molecule has 1 rings (SSSR count). The summed E-state index contributed by atoms with van der Waals surface area (Å²) < 4.78 is 0. The Morgan fingerprint density at radius 3 is 2.60 bits per heavy atom. The Bertz CT molecular complexity index is 120. The lowest BCUT2D eigenvalue weighted by Crippen LogP contribution is -2.43. The molecule has 1 aliphatic heterocycles. The highest BCUT2D eigenvalue weighted by Gasteiger charge is 2.11. The van der Waals surface area contributed by atoms with Crippen molar-refractivity contribution < 1.29 is 0 Å². The molecule has 0 amide bonds. The fourth-order valence-electron chi connectivity index (χ4n) is 0.945. The SMILES string of the molecule is CNC(=N)N1CCSCC1. The molecule has 10 heavy (non-hydrogen) atoms. The highest BCUT2D eigenvalue weighted by Crippen LogP contribution is 2.07. The van der Waals surface area contributed by atoms with E-state index in [2.05, 4.69) is 10.2 Å². The number of hydrogen-bond donors (Lipinski definition) is 2. The van der Waals surface area contributed by atoms with E-state index in [4.69, 9.17) is 5.41 Å². The molecule has 0 unspecified atom stereocenters. The first-order chi connectivity index (χ1) is 4.84. The molecule has 0 spiro atoms. The maximum absolute atomic E-state index is 7.44. The second-order valence-electron chi connectivity index (χ2n) is 2.20. The molecule has 2 N–H and O–H groups in total. The molecule has 1 aliphatic rings. The van der Waals surface area contributed by atoms with E-state index in [0.29, 0.717) is 5.96 Å². The summed E-state index contributed by atoms with van der Waals surface area (Å²) in [6, 6.07) is 0. The van der Waals surface area contributed by atoms with E-state index >= 15 is 0 Å². The first-order valence-electron chi connectivity index (χ1n) is 3.43. The number of thioether (sulfide) groups is 1. The Kier molecular flexibility index (Phi) is 2.86. The van der Waals surface area contributed by atoms with Crippen molar-refractivity contribution in [1.29, 1.82) is 5.41 Å². The number of rotatable bonds is 0. The monoisotopic (exact) mass is 159 g/mol. The Balaban J connectivity index is 2.31. The lowest BCUT2D eigenvalue weighted by molar-refractivity contribution is 0.445. The molecule has 1 fully saturated rings. The summed E-state index contributed by atoms with van der Waals surface area (Å²) in [4.78, 5) is 2.07. The minimum absolute atomic E-state index is 0.556. The van der Waals surface area contributed by atoms with Crippen LogP contribution in [0.4, 0.5) is 0 Å². The number of hydrogen-bond acceptors (Lipinski definition) is 2. The third-order valence-corrected chi connectivity index (χ3v) is 2.51. The molecule has 1 saturated heterocycles. The molecule has 1 heterocycles. The maximum Gasteiger partial charge on any atom is 0.190 e. The number of nitrogens with zero attached hydrogens (tertiary/aromatic N) is 1. The zero-order chi connectivity index (χ0) is 7.40. The fourth-order valence-corrected chi connectivity index (χ4v) is 1.85. The number of guanidine groups is 1. The van der Waals surface area contributed by atoms with Crippen LogP contribution in [0.3, 0.4) is 0 Å². The molecule has 0 bridgehead atoms. The molecule has 58 valence electrons. The summed E-state index contributed by atoms with van der Waals surface area (Å²) in [6.45, 7) is 2.04. The highest BCUT2D eigenvalue weighted by molar-refractivity contribution is 7.99. The lowest BCUT2D eigenvalue weighted by Gasteiger charge is -2.27. The van der Waals surface area contributed by atoms with Gasteiger partial charge in [-0.05, 0) is 0 Å². The highest BCUT2D eigenvalue weighted by atomic mass is 32.2. The van der Waals surface area contributed by atoms with Crippen LogP contribution < -0.4 is 5.32 Å². The summed E-state index contributed by atoms with van der Waals surface area (Å²) in [5.74, 6) is 2.87. The summed E-state index contributed by atoms with van der Waals surface area (Å²) >= 11 is 1.96. The van der Waals surface area contributed by atoms with E-state index < -0.39 is 0 Å². The van der Waals surface area contributed by atoms with Crippen LogP contribution in [0.15, 0.2) is 0 Å². The second kappa shape index (κ2) is 3.71. The molecule has 0 radical (unpaired) electrons. The van der Waals surface area contributed by atoms with Gasteiger partial charge in [-0.3, -0.25) is 5.41 Å². The van der Waals surface area contributed by atoms with Gasteiger partial charge in [0.05, 0.1) is 0 Å². The molecular formula is C6H13N3S. The Morgan fingerprint density at radius 2 is 2.10 bits per heavy atom. The van der Waals surface area contributed by atoms with Gasteiger partial charge in [-0.15, -0.1) is 0 Å². The summed E-state index contributed by atoms with van der Waals surface area (Å²) in [5, 5.41) is 10.3. The van der Waals surface area contributed by atoms with Crippen LogP contribution in [0, 0.1) is 5.41 Å². The topological polar surface area (TPSA) is 39.1 Å². The van der Waals surface area contributed by atoms with E-state index in [1.807, 2.05) is 11.8 Å². The third-order valence-electron chi connectivity index (χ3n) is 1.56. The van der Waals surface area contributed by atoms with Crippen LogP contribution in [0.1, 0.15) is 0 Å². The minimum Gasteiger partial charge on any atom is -0.359 e. The molecule has 0 aromatic carbocycles. The zero-order valence-electron chi connectivity index (χ0n) is 6.18. The largest absolute Gasteiger partial charge is 0.359 e. The molecule has 0 saturated carbocycles. The van der Waals surface area contributed by atoms with Crippen molar-refractivity contribution in [1.82, 2.24) is 10.2 Å². The Hall–Kier alpha value is -0.380. The smallest absolute Gasteiger partial charge is 0.190 e.